The lowest BCUT2D eigenvalue weighted by Gasteiger charge is -2.12. The molecule has 174 valence electrons. The smallest absolute Gasteiger partial charge is 0.335 e. The summed E-state index contributed by atoms with van der Waals surface area (Å²) in [6.07, 6.45) is 0. The van der Waals surface area contributed by atoms with Gasteiger partial charge in [-0.3, -0.25) is 0 Å². The predicted molar refractivity (Wildman–Crippen MR) is 122 cm³/mol. The van der Waals surface area contributed by atoms with Gasteiger partial charge in [0.05, 0.1) is 22.3 Å². The Morgan fingerprint density at radius 3 is 1.15 bits per heavy atom. The van der Waals surface area contributed by atoms with Crippen LogP contribution in [-0.2, 0) is 13.1 Å². The van der Waals surface area contributed by atoms with Crippen LogP contribution < -0.4 is 10.6 Å². The van der Waals surface area contributed by atoms with E-state index >= 15 is 0 Å². The van der Waals surface area contributed by atoms with Crippen molar-refractivity contribution in [1.29, 1.82) is 0 Å². The van der Waals surface area contributed by atoms with Crippen LogP contribution in [-0.4, -0.2) is 44.3 Å². The van der Waals surface area contributed by atoms with Gasteiger partial charge in [0, 0.05) is 24.5 Å². The monoisotopic (exact) mass is 464 g/mol. The van der Waals surface area contributed by atoms with Crippen molar-refractivity contribution >= 4 is 35.3 Å². The fourth-order valence-electron chi connectivity index (χ4n) is 3.21. The number of hydrogen-bond donors (Lipinski definition) is 6. The van der Waals surface area contributed by atoms with Crippen LogP contribution in [0.25, 0.3) is 0 Å². The molecule has 0 atom stereocenters. The summed E-state index contributed by atoms with van der Waals surface area (Å²) in [6, 6.07) is 14.8. The standard InChI is InChI=1S/C24H20N2O8/c27-21(28)15-5-16(22(29)30)8-19(7-15)25-11-13-2-1-3-14(4-13)12-26-20-9-17(23(31)32)6-18(10-20)24(33)34/h1-10,25-26H,11-12H2,(H,27,28)(H,29,30)(H,31,32)(H,33,34). The van der Waals surface area contributed by atoms with Crippen LogP contribution in [0, 0.1) is 0 Å². The maximum Gasteiger partial charge on any atom is 0.335 e. The minimum absolute atomic E-state index is 0.148. The van der Waals surface area contributed by atoms with E-state index in [2.05, 4.69) is 10.6 Å². The lowest BCUT2D eigenvalue weighted by Crippen LogP contribution is -2.07. The van der Waals surface area contributed by atoms with E-state index < -0.39 is 23.9 Å². The van der Waals surface area contributed by atoms with Crippen molar-refractivity contribution in [2.45, 2.75) is 13.1 Å². The SMILES string of the molecule is O=C(O)c1cc(NCc2cccc(CNc3cc(C(=O)O)cc(C(=O)O)c3)c2)cc(C(=O)O)c1. The van der Waals surface area contributed by atoms with Crippen LogP contribution in [0.2, 0.25) is 0 Å². The number of anilines is 2. The Hall–Kier alpha value is -4.86. The highest BCUT2D eigenvalue weighted by atomic mass is 16.4. The van der Waals surface area contributed by atoms with Crippen LogP contribution in [0.3, 0.4) is 0 Å². The second kappa shape index (κ2) is 10.2. The second-order valence-electron chi connectivity index (χ2n) is 7.35. The van der Waals surface area contributed by atoms with Crippen LogP contribution in [0.1, 0.15) is 52.6 Å². The Bertz CT molecular complexity index is 1130. The molecule has 0 radical (unpaired) electrons. The number of rotatable bonds is 10. The van der Waals surface area contributed by atoms with Gasteiger partial charge in [-0.25, -0.2) is 19.2 Å². The number of benzene rings is 3. The zero-order valence-corrected chi connectivity index (χ0v) is 17.6. The maximum absolute atomic E-state index is 11.3. The van der Waals surface area contributed by atoms with Gasteiger partial charge in [0.2, 0.25) is 0 Å². The number of carboxylic acid groups (broad SMARTS) is 4. The number of nitrogens with one attached hydrogen (secondary N) is 2. The molecule has 3 rings (SSSR count). The highest BCUT2D eigenvalue weighted by Gasteiger charge is 2.13. The number of aromatic carboxylic acids is 4. The van der Waals surface area contributed by atoms with Gasteiger partial charge in [-0.15, -0.1) is 0 Å². The van der Waals surface area contributed by atoms with E-state index in [9.17, 15) is 39.6 Å². The fraction of sp³-hybridized carbons (Fsp3) is 0.0833. The molecule has 0 unspecified atom stereocenters. The first-order valence-corrected chi connectivity index (χ1v) is 9.91. The molecular weight excluding hydrogens is 444 g/mol. The van der Waals surface area contributed by atoms with Gasteiger partial charge in [-0.1, -0.05) is 24.3 Å². The first-order valence-electron chi connectivity index (χ1n) is 9.91. The van der Waals surface area contributed by atoms with Crippen LogP contribution in [0.15, 0.2) is 60.7 Å². The van der Waals surface area contributed by atoms with Gasteiger partial charge < -0.3 is 31.1 Å². The van der Waals surface area contributed by atoms with Crippen LogP contribution in [0.5, 0.6) is 0 Å². The van der Waals surface area contributed by atoms with Crippen molar-refractivity contribution in [3.63, 3.8) is 0 Å². The molecule has 3 aromatic rings. The average Bonchev–Trinajstić information content (AvgIpc) is 2.81. The summed E-state index contributed by atoms with van der Waals surface area (Å²) in [5, 5.41) is 42.8. The third kappa shape index (κ3) is 6.10. The minimum Gasteiger partial charge on any atom is -0.478 e. The van der Waals surface area contributed by atoms with Crippen LogP contribution in [0.4, 0.5) is 11.4 Å². The van der Waals surface area contributed by atoms with E-state index in [1.54, 1.807) is 6.07 Å². The molecule has 0 heterocycles. The molecule has 0 aromatic heterocycles. The van der Waals surface area contributed by atoms with Gasteiger partial charge in [0.1, 0.15) is 0 Å². The van der Waals surface area contributed by atoms with E-state index in [4.69, 9.17) is 0 Å². The first-order chi connectivity index (χ1) is 16.1. The summed E-state index contributed by atoms with van der Waals surface area (Å²) in [4.78, 5) is 45.0. The second-order valence-corrected chi connectivity index (χ2v) is 7.35. The summed E-state index contributed by atoms with van der Waals surface area (Å²) >= 11 is 0. The van der Waals surface area contributed by atoms with Gasteiger partial charge >= 0.3 is 23.9 Å². The van der Waals surface area contributed by atoms with E-state index in [1.165, 1.54) is 24.3 Å². The van der Waals surface area contributed by atoms with E-state index in [-0.39, 0.29) is 35.3 Å². The lowest BCUT2D eigenvalue weighted by molar-refractivity contribution is 0.0676. The fourth-order valence-corrected chi connectivity index (χ4v) is 3.21. The van der Waals surface area contributed by atoms with Gasteiger partial charge in [-0.2, -0.15) is 0 Å². The van der Waals surface area contributed by atoms with Crippen molar-refractivity contribution in [2.24, 2.45) is 0 Å². The van der Waals surface area contributed by atoms with Crippen molar-refractivity contribution in [1.82, 2.24) is 0 Å². The van der Waals surface area contributed by atoms with Crippen molar-refractivity contribution in [2.75, 3.05) is 10.6 Å². The molecule has 3 aromatic carbocycles. The number of carbonyl (C=O) groups is 4. The highest BCUT2D eigenvalue weighted by molar-refractivity contribution is 5.96. The Labute approximate surface area is 193 Å². The summed E-state index contributed by atoms with van der Waals surface area (Å²) in [6.45, 7) is 0.571. The topological polar surface area (TPSA) is 173 Å². The highest BCUT2D eigenvalue weighted by Crippen LogP contribution is 2.19. The van der Waals surface area contributed by atoms with E-state index in [1.807, 2.05) is 18.2 Å². The molecule has 0 aliphatic heterocycles. The van der Waals surface area contributed by atoms with E-state index in [0.717, 1.165) is 23.3 Å². The molecule has 0 aliphatic carbocycles. The molecule has 0 bridgehead atoms. The number of hydrogen-bond acceptors (Lipinski definition) is 6. The van der Waals surface area contributed by atoms with Gasteiger partial charge in [-0.05, 0) is 47.5 Å². The Morgan fingerprint density at radius 1 is 0.529 bits per heavy atom. The van der Waals surface area contributed by atoms with Crippen molar-refractivity contribution < 1.29 is 39.6 Å². The quantitative estimate of drug-likeness (QED) is 0.260. The number of carboxylic acids is 4. The van der Waals surface area contributed by atoms with Crippen molar-refractivity contribution in [3.8, 4) is 0 Å². The molecule has 10 nitrogen and oxygen atoms in total. The predicted octanol–water partition coefficient (Wildman–Crippen LogP) is 3.70. The Morgan fingerprint density at radius 2 is 0.853 bits per heavy atom. The molecule has 6 N–H and O–H groups in total. The summed E-state index contributed by atoms with van der Waals surface area (Å²) in [5.74, 6) is -4.95. The molecule has 34 heavy (non-hydrogen) atoms. The molecule has 0 saturated heterocycles. The van der Waals surface area contributed by atoms with E-state index in [0.29, 0.717) is 11.4 Å². The third-order valence-corrected chi connectivity index (χ3v) is 4.84. The molecular formula is C24H20N2O8. The molecule has 0 saturated carbocycles. The summed E-state index contributed by atoms with van der Waals surface area (Å²) < 4.78 is 0. The zero-order chi connectivity index (χ0) is 24.8. The van der Waals surface area contributed by atoms with Gasteiger partial charge in [0.25, 0.3) is 0 Å². The Balaban J connectivity index is 1.72. The summed E-state index contributed by atoms with van der Waals surface area (Å²) in [7, 11) is 0. The first kappa shape index (κ1) is 23.8. The maximum atomic E-state index is 11.3. The average molecular weight is 464 g/mol. The molecule has 0 amide bonds. The molecule has 10 heteroatoms. The third-order valence-electron chi connectivity index (χ3n) is 4.84. The Kier molecular flexibility index (Phi) is 7.12. The molecule has 0 fully saturated rings. The zero-order valence-electron chi connectivity index (χ0n) is 17.6. The molecule has 0 aliphatic rings. The van der Waals surface area contributed by atoms with Gasteiger partial charge in [0.15, 0.2) is 0 Å². The van der Waals surface area contributed by atoms with Crippen LogP contribution >= 0.6 is 0 Å². The largest absolute Gasteiger partial charge is 0.478 e. The summed E-state index contributed by atoms with van der Waals surface area (Å²) in [5.41, 5.74) is 1.73. The lowest BCUT2D eigenvalue weighted by atomic mass is 10.1. The minimum atomic E-state index is -1.24. The normalized spacial score (nSPS) is 10.4. The van der Waals surface area contributed by atoms with Crippen molar-refractivity contribution in [3.05, 3.63) is 94.0 Å². The molecule has 0 spiro atoms.